The van der Waals surface area contributed by atoms with Gasteiger partial charge in [-0.1, -0.05) is 19.8 Å². The highest BCUT2D eigenvalue weighted by Crippen LogP contribution is 2.25. The molecule has 84 valence electrons. The van der Waals surface area contributed by atoms with E-state index in [1.165, 1.54) is 25.7 Å². The van der Waals surface area contributed by atoms with Crippen LogP contribution in [-0.4, -0.2) is 16.4 Å². The lowest BCUT2D eigenvalue weighted by molar-refractivity contribution is 0.252. The molecule has 0 bridgehead atoms. The number of rotatable bonds is 5. The van der Waals surface area contributed by atoms with Gasteiger partial charge >= 0.3 is 0 Å². The van der Waals surface area contributed by atoms with Crippen molar-refractivity contribution in [2.75, 3.05) is 6.61 Å². The van der Waals surface area contributed by atoms with Gasteiger partial charge in [-0.05, 0) is 25.2 Å². The largest absolute Gasteiger partial charge is 0.490 e. The van der Waals surface area contributed by atoms with E-state index in [9.17, 15) is 0 Å². The maximum absolute atomic E-state index is 5.73. The number of aromatic nitrogens is 2. The Morgan fingerprint density at radius 1 is 1.47 bits per heavy atom. The van der Waals surface area contributed by atoms with Crippen LogP contribution in [0.5, 0.6) is 5.75 Å². The molecule has 0 amide bonds. The highest BCUT2D eigenvalue weighted by molar-refractivity contribution is 5.11. The Kier molecular flexibility index (Phi) is 3.64. The zero-order valence-corrected chi connectivity index (χ0v) is 9.48. The Balaban J connectivity index is 1.77. The standard InChI is InChI=1S/C12H20N2O/c1-2-7-14-9-12(8-13-14)15-10-11-5-3-4-6-11/h8-9,11H,2-7,10H2,1H3. The zero-order valence-electron chi connectivity index (χ0n) is 9.48. The van der Waals surface area contributed by atoms with Crippen LogP contribution in [0.15, 0.2) is 12.4 Å². The molecule has 0 spiro atoms. The fourth-order valence-electron chi connectivity index (χ4n) is 2.16. The first-order valence-corrected chi connectivity index (χ1v) is 6.03. The summed E-state index contributed by atoms with van der Waals surface area (Å²) in [6.45, 7) is 4.01. The Hall–Kier alpha value is -0.990. The summed E-state index contributed by atoms with van der Waals surface area (Å²) in [6, 6.07) is 0. The molecule has 2 rings (SSSR count). The number of aryl methyl sites for hydroxylation is 1. The first kappa shape index (κ1) is 10.5. The lowest BCUT2D eigenvalue weighted by atomic mass is 10.1. The molecule has 0 N–H and O–H groups in total. The van der Waals surface area contributed by atoms with Crippen molar-refractivity contribution in [2.24, 2.45) is 5.92 Å². The van der Waals surface area contributed by atoms with Crippen LogP contribution in [0.3, 0.4) is 0 Å². The average Bonchev–Trinajstić information content (AvgIpc) is 2.85. The highest BCUT2D eigenvalue weighted by atomic mass is 16.5. The second kappa shape index (κ2) is 5.19. The number of hydrogen-bond acceptors (Lipinski definition) is 2. The van der Waals surface area contributed by atoms with Gasteiger partial charge in [-0.15, -0.1) is 0 Å². The molecule has 0 unspecified atom stereocenters. The van der Waals surface area contributed by atoms with E-state index in [0.29, 0.717) is 0 Å². The smallest absolute Gasteiger partial charge is 0.157 e. The van der Waals surface area contributed by atoms with Crippen LogP contribution < -0.4 is 4.74 Å². The van der Waals surface area contributed by atoms with E-state index in [4.69, 9.17) is 4.74 Å². The summed E-state index contributed by atoms with van der Waals surface area (Å²) in [6.07, 6.45) is 10.4. The first-order chi connectivity index (χ1) is 7.38. The maximum atomic E-state index is 5.73. The van der Waals surface area contributed by atoms with Crippen LogP contribution in [-0.2, 0) is 6.54 Å². The van der Waals surface area contributed by atoms with Gasteiger partial charge in [-0.25, -0.2) is 0 Å². The van der Waals surface area contributed by atoms with Crippen molar-refractivity contribution < 1.29 is 4.74 Å². The van der Waals surface area contributed by atoms with Gasteiger partial charge in [0.05, 0.1) is 19.0 Å². The highest BCUT2D eigenvalue weighted by Gasteiger charge is 2.15. The lowest BCUT2D eigenvalue weighted by Gasteiger charge is -2.08. The molecule has 3 heteroatoms. The Morgan fingerprint density at radius 3 is 3.00 bits per heavy atom. The van der Waals surface area contributed by atoms with E-state index >= 15 is 0 Å². The van der Waals surface area contributed by atoms with E-state index in [-0.39, 0.29) is 0 Å². The van der Waals surface area contributed by atoms with Crippen LogP contribution in [0.1, 0.15) is 39.0 Å². The maximum Gasteiger partial charge on any atom is 0.157 e. The van der Waals surface area contributed by atoms with Crippen LogP contribution in [0, 0.1) is 5.92 Å². The van der Waals surface area contributed by atoms with Crippen LogP contribution in [0.25, 0.3) is 0 Å². The minimum Gasteiger partial charge on any atom is -0.490 e. The molecular formula is C12H20N2O. The molecule has 1 heterocycles. The van der Waals surface area contributed by atoms with E-state index in [1.54, 1.807) is 0 Å². The van der Waals surface area contributed by atoms with Crippen molar-refractivity contribution in [3.05, 3.63) is 12.4 Å². The normalized spacial score (nSPS) is 17.1. The van der Waals surface area contributed by atoms with Gasteiger partial charge in [0.15, 0.2) is 5.75 Å². The van der Waals surface area contributed by atoms with Gasteiger partial charge in [-0.3, -0.25) is 4.68 Å². The van der Waals surface area contributed by atoms with Gasteiger partial charge in [0, 0.05) is 6.54 Å². The van der Waals surface area contributed by atoms with Gasteiger partial charge in [0.2, 0.25) is 0 Å². The van der Waals surface area contributed by atoms with Crippen molar-refractivity contribution in [1.29, 1.82) is 0 Å². The van der Waals surface area contributed by atoms with Gasteiger partial charge in [-0.2, -0.15) is 5.10 Å². The Labute approximate surface area is 91.4 Å². The molecule has 1 aliphatic carbocycles. The van der Waals surface area contributed by atoms with Crippen molar-refractivity contribution in [2.45, 2.75) is 45.6 Å². The van der Waals surface area contributed by atoms with Crippen LogP contribution in [0.2, 0.25) is 0 Å². The van der Waals surface area contributed by atoms with E-state index < -0.39 is 0 Å². The molecular weight excluding hydrogens is 188 g/mol. The molecule has 1 saturated carbocycles. The quantitative estimate of drug-likeness (QED) is 0.744. The van der Waals surface area contributed by atoms with Crippen molar-refractivity contribution in [3.8, 4) is 5.75 Å². The minimum absolute atomic E-state index is 0.777. The first-order valence-electron chi connectivity index (χ1n) is 6.03. The number of ether oxygens (including phenoxy) is 1. The molecule has 0 saturated heterocycles. The fourth-order valence-corrected chi connectivity index (χ4v) is 2.16. The summed E-state index contributed by atoms with van der Waals surface area (Å²) in [4.78, 5) is 0. The third-order valence-electron chi connectivity index (χ3n) is 3.02. The van der Waals surface area contributed by atoms with E-state index in [1.807, 2.05) is 17.1 Å². The summed E-state index contributed by atoms with van der Waals surface area (Å²) in [5.41, 5.74) is 0. The summed E-state index contributed by atoms with van der Waals surface area (Å²) >= 11 is 0. The molecule has 1 aliphatic rings. The molecule has 1 fully saturated rings. The van der Waals surface area contributed by atoms with Gasteiger partial charge in [0.25, 0.3) is 0 Å². The monoisotopic (exact) mass is 208 g/mol. The Bertz CT molecular complexity index is 290. The molecule has 1 aromatic rings. The average molecular weight is 208 g/mol. The summed E-state index contributed by atoms with van der Waals surface area (Å²) in [5.74, 6) is 1.70. The third kappa shape index (κ3) is 2.98. The minimum atomic E-state index is 0.777. The summed E-state index contributed by atoms with van der Waals surface area (Å²) < 4.78 is 7.68. The predicted octanol–water partition coefficient (Wildman–Crippen LogP) is 2.86. The zero-order chi connectivity index (χ0) is 10.5. The van der Waals surface area contributed by atoms with Crippen molar-refractivity contribution in [3.63, 3.8) is 0 Å². The molecule has 3 nitrogen and oxygen atoms in total. The molecule has 0 atom stereocenters. The number of hydrogen-bond donors (Lipinski definition) is 0. The van der Waals surface area contributed by atoms with Crippen LogP contribution >= 0.6 is 0 Å². The number of nitrogens with zero attached hydrogens (tertiary/aromatic N) is 2. The van der Waals surface area contributed by atoms with Crippen LogP contribution in [0.4, 0.5) is 0 Å². The molecule has 1 aromatic heterocycles. The fraction of sp³-hybridized carbons (Fsp3) is 0.750. The molecule has 0 aliphatic heterocycles. The van der Waals surface area contributed by atoms with E-state index in [0.717, 1.165) is 31.2 Å². The van der Waals surface area contributed by atoms with Crippen molar-refractivity contribution in [1.82, 2.24) is 9.78 Å². The predicted molar refractivity (Wildman–Crippen MR) is 60.0 cm³/mol. The Morgan fingerprint density at radius 2 is 2.27 bits per heavy atom. The molecule has 0 radical (unpaired) electrons. The van der Waals surface area contributed by atoms with Gasteiger partial charge < -0.3 is 4.74 Å². The second-order valence-electron chi connectivity index (χ2n) is 4.40. The SMILES string of the molecule is CCCn1cc(OCC2CCCC2)cn1. The molecule has 0 aromatic carbocycles. The van der Waals surface area contributed by atoms with E-state index in [2.05, 4.69) is 12.0 Å². The summed E-state index contributed by atoms with van der Waals surface area (Å²) in [5, 5.41) is 4.24. The lowest BCUT2D eigenvalue weighted by Crippen LogP contribution is -2.07. The molecule has 15 heavy (non-hydrogen) atoms. The third-order valence-corrected chi connectivity index (χ3v) is 3.02. The summed E-state index contributed by atoms with van der Waals surface area (Å²) in [7, 11) is 0. The topological polar surface area (TPSA) is 27.1 Å². The second-order valence-corrected chi connectivity index (χ2v) is 4.40. The van der Waals surface area contributed by atoms with Crippen molar-refractivity contribution >= 4 is 0 Å². The van der Waals surface area contributed by atoms with Gasteiger partial charge in [0.1, 0.15) is 0 Å².